The van der Waals surface area contributed by atoms with Gasteiger partial charge in [-0.05, 0) is 23.3 Å². The topological polar surface area (TPSA) is 60.2 Å². The Morgan fingerprint density at radius 2 is 1.53 bits per heavy atom. The molecule has 0 fully saturated rings. The molecule has 0 saturated carbocycles. The predicted molar refractivity (Wildman–Crippen MR) is 71.6 cm³/mol. The Balaban J connectivity index is 2.40. The summed E-state index contributed by atoms with van der Waals surface area (Å²) in [4.78, 5) is -0.276. The second kappa shape index (κ2) is 5.50. The maximum atomic E-state index is 13.6. The Hall–Kier alpha value is -1.72. The van der Waals surface area contributed by atoms with Crippen molar-refractivity contribution in [3.05, 3.63) is 65.5 Å². The van der Waals surface area contributed by atoms with Gasteiger partial charge >= 0.3 is 0 Å². The van der Waals surface area contributed by atoms with Gasteiger partial charge in [-0.2, -0.15) is 0 Å². The highest BCUT2D eigenvalue weighted by Crippen LogP contribution is 2.21. The number of nitrogens with two attached hydrogens (primary N) is 1. The first-order valence-corrected chi connectivity index (χ1v) is 7.44. The standard InChI is InChI=1S/C14H14FNO2S/c15-13-7-3-4-8-14(13)19(17,18)10-12-6-2-1-5-11(12)9-16/h1-8H,9-10,16H2. The minimum atomic E-state index is -3.71. The lowest BCUT2D eigenvalue weighted by molar-refractivity contribution is 0.566. The molecule has 0 unspecified atom stereocenters. The van der Waals surface area contributed by atoms with Gasteiger partial charge in [0.05, 0.1) is 5.75 Å². The minimum Gasteiger partial charge on any atom is -0.326 e. The van der Waals surface area contributed by atoms with Crippen molar-refractivity contribution in [2.45, 2.75) is 17.2 Å². The van der Waals surface area contributed by atoms with Gasteiger partial charge < -0.3 is 5.73 Å². The average molecular weight is 279 g/mol. The molecule has 0 aliphatic carbocycles. The fourth-order valence-electron chi connectivity index (χ4n) is 1.88. The lowest BCUT2D eigenvalue weighted by atomic mass is 10.1. The molecule has 100 valence electrons. The second-order valence-corrected chi connectivity index (χ2v) is 6.12. The van der Waals surface area contributed by atoms with Crippen LogP contribution in [0.2, 0.25) is 0 Å². The molecule has 2 rings (SSSR count). The fourth-order valence-corrected chi connectivity index (χ4v) is 3.37. The molecule has 0 radical (unpaired) electrons. The molecule has 2 aromatic rings. The van der Waals surface area contributed by atoms with Crippen molar-refractivity contribution in [2.75, 3.05) is 0 Å². The van der Waals surface area contributed by atoms with Crippen LogP contribution < -0.4 is 5.73 Å². The number of benzene rings is 2. The van der Waals surface area contributed by atoms with Crippen molar-refractivity contribution < 1.29 is 12.8 Å². The van der Waals surface area contributed by atoms with Crippen LogP contribution in [-0.2, 0) is 22.1 Å². The van der Waals surface area contributed by atoms with Gasteiger partial charge in [0.2, 0.25) is 0 Å². The van der Waals surface area contributed by atoms with E-state index in [1.54, 1.807) is 24.3 Å². The molecule has 0 spiro atoms. The predicted octanol–water partition coefficient (Wildman–Crippen LogP) is 2.26. The molecule has 0 amide bonds. The van der Waals surface area contributed by atoms with Crippen molar-refractivity contribution in [3.8, 4) is 0 Å². The van der Waals surface area contributed by atoms with E-state index in [9.17, 15) is 12.8 Å². The third-order valence-corrected chi connectivity index (χ3v) is 4.55. The summed E-state index contributed by atoms with van der Waals surface area (Å²) in [6, 6.07) is 12.4. The first-order valence-electron chi connectivity index (χ1n) is 5.79. The van der Waals surface area contributed by atoms with Gasteiger partial charge in [-0.3, -0.25) is 0 Å². The first kappa shape index (κ1) is 13.7. The van der Waals surface area contributed by atoms with Crippen molar-refractivity contribution in [2.24, 2.45) is 5.73 Å². The summed E-state index contributed by atoms with van der Waals surface area (Å²) in [6.07, 6.45) is 0. The lowest BCUT2D eigenvalue weighted by Gasteiger charge is -2.09. The minimum absolute atomic E-state index is 0.249. The maximum absolute atomic E-state index is 13.6. The first-order chi connectivity index (χ1) is 9.04. The van der Waals surface area contributed by atoms with E-state index in [-0.39, 0.29) is 17.2 Å². The Morgan fingerprint density at radius 1 is 0.947 bits per heavy atom. The van der Waals surface area contributed by atoms with Crippen molar-refractivity contribution >= 4 is 9.84 Å². The molecule has 2 aromatic carbocycles. The number of sulfone groups is 1. The summed E-state index contributed by atoms with van der Waals surface area (Å²) in [7, 11) is -3.71. The molecule has 2 N–H and O–H groups in total. The van der Waals surface area contributed by atoms with Gasteiger partial charge in [-0.1, -0.05) is 36.4 Å². The van der Waals surface area contributed by atoms with E-state index in [1.807, 2.05) is 0 Å². The molecule has 0 atom stereocenters. The summed E-state index contributed by atoms with van der Waals surface area (Å²) in [5.41, 5.74) is 6.93. The van der Waals surface area contributed by atoms with Gasteiger partial charge in [0.1, 0.15) is 10.7 Å². The van der Waals surface area contributed by atoms with E-state index >= 15 is 0 Å². The summed E-state index contributed by atoms with van der Waals surface area (Å²) < 4.78 is 38.0. The summed E-state index contributed by atoms with van der Waals surface area (Å²) in [5, 5.41) is 0. The van der Waals surface area contributed by atoms with E-state index in [4.69, 9.17) is 5.73 Å². The summed E-state index contributed by atoms with van der Waals surface area (Å²) in [6.45, 7) is 0.253. The quantitative estimate of drug-likeness (QED) is 0.934. The van der Waals surface area contributed by atoms with Gasteiger partial charge in [0.25, 0.3) is 0 Å². The highest BCUT2D eigenvalue weighted by atomic mass is 32.2. The number of rotatable bonds is 4. The molecule has 3 nitrogen and oxygen atoms in total. The van der Waals surface area contributed by atoms with Crippen molar-refractivity contribution in [1.29, 1.82) is 0 Å². The third-order valence-electron chi connectivity index (χ3n) is 2.86. The molecule has 0 heterocycles. The largest absolute Gasteiger partial charge is 0.326 e. The van der Waals surface area contributed by atoms with Crippen LogP contribution in [0.4, 0.5) is 4.39 Å². The van der Waals surface area contributed by atoms with Gasteiger partial charge in [0.15, 0.2) is 9.84 Å². The van der Waals surface area contributed by atoms with Crippen LogP contribution >= 0.6 is 0 Å². The van der Waals surface area contributed by atoms with Crippen molar-refractivity contribution in [1.82, 2.24) is 0 Å². The van der Waals surface area contributed by atoms with Crippen LogP contribution in [0, 0.1) is 5.82 Å². The van der Waals surface area contributed by atoms with Gasteiger partial charge in [-0.25, -0.2) is 12.8 Å². The molecule has 19 heavy (non-hydrogen) atoms. The normalized spacial score (nSPS) is 11.5. The van der Waals surface area contributed by atoms with Crippen LogP contribution in [0.5, 0.6) is 0 Å². The average Bonchev–Trinajstić information content (AvgIpc) is 2.39. The monoisotopic (exact) mass is 279 g/mol. The lowest BCUT2D eigenvalue weighted by Crippen LogP contribution is -2.10. The Bertz CT molecular complexity index is 683. The van der Waals surface area contributed by atoms with Crippen LogP contribution in [0.3, 0.4) is 0 Å². The zero-order chi connectivity index (χ0) is 13.9. The zero-order valence-electron chi connectivity index (χ0n) is 10.2. The highest BCUT2D eigenvalue weighted by molar-refractivity contribution is 7.90. The van der Waals surface area contributed by atoms with E-state index in [0.29, 0.717) is 5.56 Å². The van der Waals surface area contributed by atoms with Crippen molar-refractivity contribution in [3.63, 3.8) is 0 Å². The number of hydrogen-bond acceptors (Lipinski definition) is 3. The Morgan fingerprint density at radius 3 is 2.16 bits per heavy atom. The van der Waals surface area contributed by atoms with Gasteiger partial charge in [0, 0.05) is 6.54 Å². The smallest absolute Gasteiger partial charge is 0.185 e. The van der Waals surface area contributed by atoms with E-state index in [1.165, 1.54) is 18.2 Å². The third kappa shape index (κ3) is 3.00. The van der Waals surface area contributed by atoms with Gasteiger partial charge in [-0.15, -0.1) is 0 Å². The van der Waals surface area contributed by atoms with E-state index in [0.717, 1.165) is 11.6 Å². The molecular weight excluding hydrogens is 265 g/mol. The van der Waals surface area contributed by atoms with E-state index in [2.05, 4.69) is 0 Å². The fraction of sp³-hybridized carbons (Fsp3) is 0.143. The van der Waals surface area contributed by atoms with E-state index < -0.39 is 15.7 Å². The van der Waals surface area contributed by atoms with Crippen LogP contribution in [0.15, 0.2) is 53.4 Å². The van der Waals surface area contributed by atoms with Crippen LogP contribution in [-0.4, -0.2) is 8.42 Å². The molecule has 0 saturated heterocycles. The molecule has 0 bridgehead atoms. The highest BCUT2D eigenvalue weighted by Gasteiger charge is 2.20. The Labute approximate surface area is 111 Å². The van der Waals surface area contributed by atoms with Crippen LogP contribution in [0.1, 0.15) is 11.1 Å². The Kier molecular flexibility index (Phi) is 3.97. The molecule has 0 aromatic heterocycles. The molecule has 5 heteroatoms. The molecular formula is C14H14FNO2S. The molecule has 0 aliphatic rings. The SMILES string of the molecule is NCc1ccccc1CS(=O)(=O)c1ccccc1F. The second-order valence-electron chi connectivity index (χ2n) is 4.16. The number of hydrogen-bond donors (Lipinski definition) is 1. The number of halogens is 1. The summed E-state index contributed by atoms with van der Waals surface area (Å²) >= 11 is 0. The molecule has 0 aliphatic heterocycles. The maximum Gasteiger partial charge on any atom is 0.185 e. The van der Waals surface area contributed by atoms with Crippen LogP contribution in [0.25, 0.3) is 0 Å². The zero-order valence-corrected chi connectivity index (χ0v) is 11.0. The summed E-state index contributed by atoms with van der Waals surface area (Å²) in [5.74, 6) is -0.978.